The Morgan fingerprint density at radius 1 is 0.867 bits per heavy atom. The summed E-state index contributed by atoms with van der Waals surface area (Å²) in [6.45, 7) is 9.24. The van der Waals surface area contributed by atoms with Crippen molar-refractivity contribution in [1.29, 1.82) is 0 Å². The monoisotopic (exact) mass is 628 g/mol. The van der Waals surface area contributed by atoms with Gasteiger partial charge in [0.1, 0.15) is 18.7 Å². The highest BCUT2D eigenvalue weighted by Gasteiger charge is 2.30. The number of rotatable bonds is 17. The van der Waals surface area contributed by atoms with Gasteiger partial charge >= 0.3 is 12.0 Å². The average Bonchev–Trinajstić information content (AvgIpc) is 3.31. The topological polar surface area (TPSA) is 206 Å². The number of ether oxygens (including phenoxy) is 1. The first-order valence-corrected chi connectivity index (χ1v) is 14.9. The zero-order valence-electron chi connectivity index (χ0n) is 26.4. The number of anilines is 1. The molecule has 1 heterocycles. The summed E-state index contributed by atoms with van der Waals surface area (Å²) in [5, 5.41) is 10.5. The lowest BCUT2D eigenvalue weighted by Gasteiger charge is -2.25. The molecule has 0 spiro atoms. The van der Waals surface area contributed by atoms with Crippen LogP contribution in [0, 0.1) is 17.8 Å². The van der Waals surface area contributed by atoms with Crippen LogP contribution in [-0.2, 0) is 40.1 Å². The number of carbonyl (C=O) groups is 7. The lowest BCUT2D eigenvalue weighted by molar-refractivity contribution is -0.150. The van der Waals surface area contributed by atoms with Gasteiger partial charge in [0.05, 0.1) is 5.92 Å². The van der Waals surface area contributed by atoms with E-state index in [0.29, 0.717) is 12.1 Å². The van der Waals surface area contributed by atoms with E-state index in [0.717, 1.165) is 22.6 Å². The fraction of sp³-hybridized carbons (Fsp3) is 0.516. The molecule has 246 valence electrons. The summed E-state index contributed by atoms with van der Waals surface area (Å²) >= 11 is 0. The number of nitrogens with two attached hydrogens (primary N) is 1. The summed E-state index contributed by atoms with van der Waals surface area (Å²) in [5.41, 5.74) is 6.28. The molecule has 0 radical (unpaired) electrons. The summed E-state index contributed by atoms with van der Waals surface area (Å²) < 4.78 is 5.37. The molecule has 1 aliphatic heterocycles. The van der Waals surface area contributed by atoms with E-state index < -0.39 is 47.7 Å². The summed E-state index contributed by atoms with van der Waals surface area (Å²) in [6.07, 6.45) is 2.49. The molecule has 0 bridgehead atoms. The number of carbonyl (C=O) groups excluding carboxylic acids is 7. The number of nitrogens with zero attached hydrogens (tertiary/aromatic N) is 1. The van der Waals surface area contributed by atoms with E-state index in [2.05, 4.69) is 21.3 Å². The molecule has 7 amide bonds. The van der Waals surface area contributed by atoms with Crippen LogP contribution in [0.5, 0.6) is 0 Å². The number of hydrogen-bond acceptors (Lipinski definition) is 8. The number of urea groups is 1. The van der Waals surface area contributed by atoms with Gasteiger partial charge in [-0.15, -0.1) is 0 Å². The van der Waals surface area contributed by atoms with Crippen LogP contribution in [0.4, 0.5) is 10.5 Å². The molecule has 0 saturated heterocycles. The predicted molar refractivity (Wildman–Crippen MR) is 165 cm³/mol. The van der Waals surface area contributed by atoms with Crippen LogP contribution in [0.15, 0.2) is 36.4 Å². The van der Waals surface area contributed by atoms with Crippen molar-refractivity contribution < 1.29 is 38.3 Å². The zero-order valence-corrected chi connectivity index (χ0v) is 26.4. The molecule has 3 atom stereocenters. The zero-order chi connectivity index (χ0) is 33.7. The van der Waals surface area contributed by atoms with Gasteiger partial charge in [0, 0.05) is 37.3 Å². The molecular formula is C31H44N6O8. The maximum absolute atomic E-state index is 13.3. The summed E-state index contributed by atoms with van der Waals surface area (Å²) in [5.74, 6) is -3.45. The highest BCUT2D eigenvalue weighted by atomic mass is 16.5. The van der Waals surface area contributed by atoms with Crippen molar-refractivity contribution in [1.82, 2.24) is 20.9 Å². The summed E-state index contributed by atoms with van der Waals surface area (Å²) in [4.78, 5) is 86.8. The Morgan fingerprint density at radius 3 is 2.04 bits per heavy atom. The van der Waals surface area contributed by atoms with Crippen LogP contribution in [0.3, 0.4) is 0 Å². The van der Waals surface area contributed by atoms with Crippen molar-refractivity contribution in [3.05, 3.63) is 42.0 Å². The minimum Gasteiger partial charge on any atom is -0.461 e. The van der Waals surface area contributed by atoms with Crippen LogP contribution < -0.4 is 27.0 Å². The van der Waals surface area contributed by atoms with Crippen molar-refractivity contribution in [2.45, 2.75) is 72.6 Å². The fourth-order valence-corrected chi connectivity index (χ4v) is 4.17. The first-order valence-electron chi connectivity index (χ1n) is 14.9. The number of esters is 1. The number of nitrogens with one attached hydrogen (secondary N) is 4. The van der Waals surface area contributed by atoms with Gasteiger partial charge in [-0.3, -0.25) is 33.7 Å². The van der Waals surface area contributed by atoms with Crippen LogP contribution in [0.1, 0.15) is 59.4 Å². The van der Waals surface area contributed by atoms with E-state index in [-0.39, 0.29) is 56.3 Å². The summed E-state index contributed by atoms with van der Waals surface area (Å²) in [6, 6.07) is 3.93. The van der Waals surface area contributed by atoms with Crippen molar-refractivity contribution >= 4 is 47.2 Å². The Balaban J connectivity index is 2.04. The molecule has 1 unspecified atom stereocenters. The molecule has 1 aromatic carbocycles. The van der Waals surface area contributed by atoms with Gasteiger partial charge < -0.3 is 31.7 Å². The van der Waals surface area contributed by atoms with Gasteiger partial charge in [0.15, 0.2) is 0 Å². The second-order valence-corrected chi connectivity index (χ2v) is 11.5. The quantitative estimate of drug-likeness (QED) is 0.0965. The second-order valence-electron chi connectivity index (χ2n) is 11.5. The van der Waals surface area contributed by atoms with E-state index in [1.54, 1.807) is 38.1 Å². The van der Waals surface area contributed by atoms with E-state index in [1.807, 2.05) is 20.8 Å². The van der Waals surface area contributed by atoms with Crippen LogP contribution in [0.25, 0.3) is 0 Å². The first-order chi connectivity index (χ1) is 21.2. The smallest absolute Gasteiger partial charge is 0.312 e. The van der Waals surface area contributed by atoms with Crippen LogP contribution >= 0.6 is 0 Å². The third-order valence-electron chi connectivity index (χ3n) is 7.30. The van der Waals surface area contributed by atoms with Gasteiger partial charge in [-0.05, 0) is 42.4 Å². The Kier molecular flexibility index (Phi) is 14.2. The maximum atomic E-state index is 13.3. The maximum Gasteiger partial charge on any atom is 0.312 e. The molecule has 1 aromatic rings. The minimum atomic E-state index is -1.03. The Bertz CT molecular complexity index is 1260. The van der Waals surface area contributed by atoms with E-state index in [4.69, 9.17) is 10.5 Å². The molecule has 14 nitrogen and oxygen atoms in total. The molecular weight excluding hydrogens is 584 g/mol. The molecule has 0 aromatic heterocycles. The van der Waals surface area contributed by atoms with Gasteiger partial charge in [-0.1, -0.05) is 46.8 Å². The minimum absolute atomic E-state index is 0.0828. The molecule has 0 aliphatic carbocycles. The van der Waals surface area contributed by atoms with Crippen molar-refractivity contribution in [3.63, 3.8) is 0 Å². The molecule has 1 aliphatic rings. The molecule has 2 rings (SSSR count). The van der Waals surface area contributed by atoms with E-state index in [9.17, 15) is 33.6 Å². The first kappa shape index (κ1) is 36.4. The molecule has 14 heteroatoms. The standard InChI is InChI=1S/C31H44N6O8/c1-18(2)20(5)30(43)45-17-21-8-10-22(11-9-21)34-28(41)23(7-6-15-33-31(32)44)35-29(42)27(19(3)4)36-24(38)14-16-37-25(39)12-13-26(37)40/h8-13,18-20,23,27H,6-7,14-17H2,1-5H3,(H,34,41)(H,35,42)(H,36,38)(H3,32,33,44)/t20?,23-,27-/m0/s1. The Labute approximate surface area is 262 Å². The second kappa shape index (κ2) is 17.5. The fourth-order valence-electron chi connectivity index (χ4n) is 4.17. The van der Waals surface area contributed by atoms with Gasteiger partial charge in [0.25, 0.3) is 11.8 Å². The van der Waals surface area contributed by atoms with Crippen LogP contribution in [-0.4, -0.2) is 71.6 Å². The Morgan fingerprint density at radius 2 is 1.49 bits per heavy atom. The number of primary amides is 1. The van der Waals surface area contributed by atoms with Gasteiger partial charge in [-0.2, -0.15) is 0 Å². The van der Waals surface area contributed by atoms with E-state index in [1.165, 1.54) is 0 Å². The molecule has 0 saturated carbocycles. The lowest BCUT2D eigenvalue weighted by Crippen LogP contribution is -2.54. The average molecular weight is 629 g/mol. The van der Waals surface area contributed by atoms with Gasteiger partial charge in [-0.25, -0.2) is 4.79 Å². The van der Waals surface area contributed by atoms with E-state index >= 15 is 0 Å². The largest absolute Gasteiger partial charge is 0.461 e. The van der Waals surface area contributed by atoms with Crippen molar-refractivity contribution in [2.75, 3.05) is 18.4 Å². The van der Waals surface area contributed by atoms with Gasteiger partial charge in [0.2, 0.25) is 17.7 Å². The number of benzene rings is 1. The number of amides is 7. The third kappa shape index (κ3) is 12.0. The normalized spacial score (nSPS) is 14.6. The third-order valence-corrected chi connectivity index (χ3v) is 7.30. The van der Waals surface area contributed by atoms with Crippen molar-refractivity contribution in [2.24, 2.45) is 23.5 Å². The molecule has 6 N–H and O–H groups in total. The predicted octanol–water partition coefficient (Wildman–Crippen LogP) is 1.35. The lowest BCUT2D eigenvalue weighted by atomic mass is 9.99. The van der Waals surface area contributed by atoms with Crippen molar-refractivity contribution in [3.8, 4) is 0 Å². The molecule has 45 heavy (non-hydrogen) atoms. The number of hydrogen-bond donors (Lipinski definition) is 5. The molecule has 0 fully saturated rings. The van der Waals surface area contributed by atoms with Crippen LogP contribution in [0.2, 0.25) is 0 Å². The SMILES string of the molecule is CC(C)C(C)C(=O)OCc1ccc(NC(=O)[C@H](CCCNC(N)=O)NC(=O)[C@@H](NC(=O)CCN2C(=O)C=CC2=O)C(C)C)cc1. The summed E-state index contributed by atoms with van der Waals surface area (Å²) in [7, 11) is 0. The number of imide groups is 1. The Hall–Kier alpha value is -4.75. The highest BCUT2D eigenvalue weighted by molar-refractivity contribution is 6.13. The highest BCUT2D eigenvalue weighted by Crippen LogP contribution is 2.16.